The Balaban J connectivity index is 1.80. The van der Waals surface area contributed by atoms with Crippen molar-refractivity contribution in [2.45, 2.75) is 100 Å². The maximum Gasteiger partial charge on any atom is 0.459 e. The summed E-state index contributed by atoms with van der Waals surface area (Å²) in [5.41, 5.74) is -5.63. The first kappa shape index (κ1) is 33.8. The fraction of sp³-hybridized carbons (Fsp3) is 0.759. The third-order valence-corrected chi connectivity index (χ3v) is 9.86. The van der Waals surface area contributed by atoms with Gasteiger partial charge < -0.3 is 9.84 Å². The second kappa shape index (κ2) is 11.0. The van der Waals surface area contributed by atoms with E-state index < -0.39 is 72.2 Å². The van der Waals surface area contributed by atoms with Crippen molar-refractivity contribution in [3.63, 3.8) is 0 Å². The minimum Gasteiger partial charge on any atom is -0.456 e. The zero-order valence-electron chi connectivity index (χ0n) is 23.3. The molecule has 0 heterocycles. The Bertz CT molecular complexity index is 1120. The minimum atomic E-state index is -7.27. The third kappa shape index (κ3) is 5.62. The van der Waals surface area contributed by atoms with E-state index in [9.17, 15) is 53.8 Å². The number of ether oxygens (including phenoxy) is 1. The van der Waals surface area contributed by atoms with E-state index in [1.54, 1.807) is 13.8 Å². The molecule has 0 saturated heterocycles. The molecule has 4 aliphatic carbocycles. The normalized spacial score (nSPS) is 30.7. The molecule has 14 heteroatoms. The molecule has 1 aromatic carbocycles. The van der Waals surface area contributed by atoms with Crippen LogP contribution in [0.25, 0.3) is 0 Å². The second-order valence-corrected chi connectivity index (χ2v) is 12.7. The number of hydrogen-bond donors (Lipinski definition) is 1. The number of rotatable bonds is 10. The molecule has 0 aromatic heterocycles. The SMILES string of the molecule is CC(C)C1(OC(=O)C(O)(CCc2ccccc2)C(C(F)C(F)(F)C(F)(F)C(F)(F)F)C(F)(F)F)C2CC3CC(C2)CC1C3. The highest BCUT2D eigenvalue weighted by Crippen LogP contribution is 2.62. The van der Waals surface area contributed by atoms with Gasteiger partial charge in [-0.25, -0.2) is 9.18 Å². The van der Waals surface area contributed by atoms with Crippen LogP contribution in [0.5, 0.6) is 0 Å². The smallest absolute Gasteiger partial charge is 0.456 e. The number of alkyl halides is 11. The van der Waals surface area contributed by atoms with Gasteiger partial charge >= 0.3 is 30.2 Å². The number of carbonyl (C=O) groups is 1. The number of hydrogen-bond acceptors (Lipinski definition) is 3. The second-order valence-electron chi connectivity index (χ2n) is 12.7. The summed E-state index contributed by atoms with van der Waals surface area (Å²) in [5, 5.41) is 11.4. The maximum atomic E-state index is 15.3. The van der Waals surface area contributed by atoms with Crippen molar-refractivity contribution >= 4 is 5.97 Å². The summed E-state index contributed by atoms with van der Waals surface area (Å²) in [6.45, 7) is 3.24. The number of carbonyl (C=O) groups excluding carboxylic acids is 1. The summed E-state index contributed by atoms with van der Waals surface area (Å²) in [5.74, 6) is -22.0. The first-order valence-electron chi connectivity index (χ1n) is 14.1. The van der Waals surface area contributed by atoms with Gasteiger partial charge in [-0.3, -0.25) is 0 Å². The molecule has 4 aliphatic rings. The minimum absolute atomic E-state index is 0.144. The Hall–Kier alpha value is -2.12. The summed E-state index contributed by atoms with van der Waals surface area (Å²) in [6, 6.07) is 6.96. The topological polar surface area (TPSA) is 46.5 Å². The first-order chi connectivity index (χ1) is 19.6. The van der Waals surface area contributed by atoms with Gasteiger partial charge in [-0.05, 0) is 80.1 Å². The summed E-state index contributed by atoms with van der Waals surface area (Å²) < 4.78 is 159. The Morgan fingerprint density at radius 3 is 1.79 bits per heavy atom. The van der Waals surface area contributed by atoms with Gasteiger partial charge in [0, 0.05) is 0 Å². The summed E-state index contributed by atoms with van der Waals surface area (Å²) in [7, 11) is 0. The summed E-state index contributed by atoms with van der Waals surface area (Å²) in [4.78, 5) is 13.8. The van der Waals surface area contributed by atoms with E-state index in [1.807, 2.05) is 0 Å². The largest absolute Gasteiger partial charge is 0.459 e. The van der Waals surface area contributed by atoms with Gasteiger partial charge in [0.05, 0.1) is 0 Å². The van der Waals surface area contributed by atoms with E-state index in [4.69, 9.17) is 4.74 Å². The lowest BCUT2D eigenvalue weighted by Gasteiger charge is -2.62. The highest BCUT2D eigenvalue weighted by molar-refractivity contribution is 5.80. The number of benzene rings is 1. The molecular formula is C29H33F11O3. The molecule has 244 valence electrons. The maximum absolute atomic E-state index is 15.3. The van der Waals surface area contributed by atoms with Gasteiger partial charge in [-0.2, -0.15) is 43.9 Å². The zero-order valence-corrected chi connectivity index (χ0v) is 23.3. The molecule has 43 heavy (non-hydrogen) atoms. The molecule has 0 aliphatic heterocycles. The van der Waals surface area contributed by atoms with Crippen molar-refractivity contribution in [1.29, 1.82) is 0 Å². The van der Waals surface area contributed by atoms with Gasteiger partial charge in [0.15, 0.2) is 11.8 Å². The van der Waals surface area contributed by atoms with Crippen molar-refractivity contribution in [3.8, 4) is 0 Å². The highest BCUT2D eigenvalue weighted by Gasteiger charge is 2.80. The van der Waals surface area contributed by atoms with Gasteiger partial charge in [-0.15, -0.1) is 0 Å². The Morgan fingerprint density at radius 2 is 1.37 bits per heavy atom. The summed E-state index contributed by atoms with van der Waals surface area (Å²) in [6.07, 6.45) is -18.0. The van der Waals surface area contributed by atoms with Gasteiger partial charge in [0.2, 0.25) is 0 Å². The van der Waals surface area contributed by atoms with Crippen LogP contribution < -0.4 is 0 Å². The van der Waals surface area contributed by atoms with E-state index in [2.05, 4.69) is 0 Å². The van der Waals surface area contributed by atoms with Crippen LogP contribution in [0, 0.1) is 35.5 Å². The molecule has 3 nitrogen and oxygen atoms in total. The molecule has 0 amide bonds. The predicted octanol–water partition coefficient (Wildman–Crippen LogP) is 8.09. The van der Waals surface area contributed by atoms with Gasteiger partial charge in [-0.1, -0.05) is 44.2 Å². The molecule has 0 spiro atoms. The molecular weight excluding hydrogens is 605 g/mol. The number of aryl methyl sites for hydroxylation is 1. The van der Waals surface area contributed by atoms with E-state index in [1.165, 1.54) is 30.3 Å². The lowest BCUT2D eigenvalue weighted by Crippen LogP contribution is -2.68. The number of esters is 1. The van der Waals surface area contributed by atoms with Crippen LogP contribution in [-0.4, -0.2) is 52.6 Å². The van der Waals surface area contributed by atoms with E-state index in [0.29, 0.717) is 25.7 Å². The Labute approximate surface area is 241 Å². The van der Waals surface area contributed by atoms with E-state index >= 15 is 4.39 Å². The number of aliphatic hydroxyl groups is 1. The van der Waals surface area contributed by atoms with E-state index in [-0.39, 0.29) is 29.2 Å². The standard InChI is InChI=1S/C29H33F11O3/c1-15(2)25(19-11-17-10-18(13-19)14-20(25)12-17)43-23(41)24(42,9-8-16-6-4-3-5-7-16)21(27(33,34)35)22(30)26(31,32)28(36,37)29(38,39)40/h3-7,15,17-22,42H,8-14H2,1-2H3. The molecule has 0 radical (unpaired) electrons. The monoisotopic (exact) mass is 638 g/mol. The van der Waals surface area contributed by atoms with Crippen LogP contribution in [0.1, 0.15) is 57.9 Å². The molecule has 5 rings (SSSR count). The third-order valence-electron chi connectivity index (χ3n) is 9.86. The molecule has 3 unspecified atom stereocenters. The van der Waals surface area contributed by atoms with Crippen molar-refractivity contribution in [1.82, 2.24) is 0 Å². The molecule has 4 fully saturated rings. The molecule has 1 aromatic rings. The van der Waals surface area contributed by atoms with Crippen LogP contribution in [-0.2, 0) is 16.0 Å². The Morgan fingerprint density at radius 1 is 0.884 bits per heavy atom. The molecule has 4 saturated carbocycles. The van der Waals surface area contributed by atoms with Gasteiger partial charge in [0.25, 0.3) is 0 Å². The van der Waals surface area contributed by atoms with Crippen LogP contribution >= 0.6 is 0 Å². The molecule has 1 N–H and O–H groups in total. The zero-order chi connectivity index (χ0) is 32.4. The fourth-order valence-electron chi connectivity index (χ4n) is 8.01. The van der Waals surface area contributed by atoms with Crippen molar-refractivity contribution in [3.05, 3.63) is 35.9 Å². The van der Waals surface area contributed by atoms with Crippen LogP contribution in [0.4, 0.5) is 48.3 Å². The average Bonchev–Trinajstić information content (AvgIpc) is 2.88. The summed E-state index contributed by atoms with van der Waals surface area (Å²) >= 11 is 0. The molecule has 4 bridgehead atoms. The molecule has 3 atom stereocenters. The van der Waals surface area contributed by atoms with E-state index in [0.717, 1.165) is 6.42 Å². The predicted molar refractivity (Wildman–Crippen MR) is 131 cm³/mol. The van der Waals surface area contributed by atoms with Crippen LogP contribution in [0.15, 0.2) is 30.3 Å². The van der Waals surface area contributed by atoms with Crippen LogP contribution in [0.2, 0.25) is 0 Å². The Kier molecular flexibility index (Phi) is 8.67. The lowest BCUT2D eigenvalue weighted by molar-refractivity contribution is -0.381. The van der Waals surface area contributed by atoms with Crippen molar-refractivity contribution in [2.75, 3.05) is 0 Å². The highest BCUT2D eigenvalue weighted by atomic mass is 19.4. The average molecular weight is 639 g/mol. The number of halogens is 11. The quantitative estimate of drug-likeness (QED) is 0.208. The lowest BCUT2D eigenvalue weighted by atomic mass is 9.47. The first-order valence-corrected chi connectivity index (χ1v) is 14.1. The van der Waals surface area contributed by atoms with Gasteiger partial charge in [0.1, 0.15) is 11.5 Å². The van der Waals surface area contributed by atoms with Crippen molar-refractivity contribution in [2.24, 2.45) is 35.5 Å². The fourth-order valence-corrected chi connectivity index (χ4v) is 8.01. The van der Waals surface area contributed by atoms with Crippen LogP contribution in [0.3, 0.4) is 0 Å². The van der Waals surface area contributed by atoms with Crippen molar-refractivity contribution < 1.29 is 62.9 Å².